The number of nitrogens with zero attached hydrogens (tertiary/aromatic N) is 1. The Morgan fingerprint density at radius 2 is 1.90 bits per heavy atom. The average molecular weight is 283 g/mol. The number of carbonyl (C=O) groups excluding carboxylic acids is 2. The largest absolute Gasteiger partial charge is 0.315 e. The Kier molecular flexibility index (Phi) is 3.05. The second-order valence-corrected chi connectivity index (χ2v) is 6.44. The molecule has 1 aliphatic carbocycles. The van der Waals surface area contributed by atoms with Crippen molar-refractivity contribution in [3.05, 3.63) is 41.0 Å². The molecule has 0 N–H and O–H groups in total. The van der Waals surface area contributed by atoms with Gasteiger partial charge in [-0.05, 0) is 45.2 Å². The topological polar surface area (TPSA) is 37.4 Å². The third kappa shape index (κ3) is 1.73. The van der Waals surface area contributed by atoms with Crippen LogP contribution in [0.15, 0.2) is 35.4 Å². The molecule has 0 aromatic heterocycles. The SMILES string of the molecule is CC(=O)[C@@]12CC(C)=C(C)C[C@@H]1C(=O)N(C)c1ccccc12. The van der Waals surface area contributed by atoms with Gasteiger partial charge in [-0.15, -0.1) is 0 Å². The number of ketones is 1. The average Bonchev–Trinajstić information content (AvgIpc) is 2.47. The van der Waals surface area contributed by atoms with E-state index in [2.05, 4.69) is 13.8 Å². The predicted octanol–water partition coefficient (Wildman–Crippen LogP) is 3.24. The van der Waals surface area contributed by atoms with Crippen molar-refractivity contribution in [3.8, 4) is 0 Å². The van der Waals surface area contributed by atoms with Crippen molar-refractivity contribution in [2.45, 2.75) is 39.0 Å². The number of hydrogen-bond acceptors (Lipinski definition) is 2. The van der Waals surface area contributed by atoms with Crippen LogP contribution in [0.3, 0.4) is 0 Å². The maximum absolute atomic E-state index is 12.8. The fraction of sp³-hybridized carbons (Fsp3) is 0.444. The van der Waals surface area contributed by atoms with Crippen LogP contribution in [-0.2, 0) is 15.0 Å². The molecule has 0 saturated heterocycles. The smallest absolute Gasteiger partial charge is 0.231 e. The first-order chi connectivity index (χ1) is 9.89. The molecule has 3 nitrogen and oxygen atoms in total. The Morgan fingerprint density at radius 3 is 2.57 bits per heavy atom. The van der Waals surface area contributed by atoms with Gasteiger partial charge in [0.25, 0.3) is 0 Å². The Hall–Kier alpha value is -1.90. The van der Waals surface area contributed by atoms with Crippen LogP contribution in [-0.4, -0.2) is 18.7 Å². The van der Waals surface area contributed by atoms with Gasteiger partial charge < -0.3 is 4.90 Å². The highest BCUT2D eigenvalue weighted by Crippen LogP contribution is 2.52. The van der Waals surface area contributed by atoms with Gasteiger partial charge in [0.2, 0.25) is 5.91 Å². The first kappa shape index (κ1) is 14.1. The molecule has 110 valence electrons. The number of hydrogen-bond donors (Lipinski definition) is 0. The fourth-order valence-corrected chi connectivity index (χ4v) is 3.98. The summed E-state index contributed by atoms with van der Waals surface area (Å²) in [6, 6.07) is 7.84. The normalized spacial score (nSPS) is 28.3. The number of Topliss-reactive ketones (excluding diaryl/α,β-unsaturated/α-hetero) is 1. The van der Waals surface area contributed by atoms with E-state index in [9.17, 15) is 9.59 Å². The summed E-state index contributed by atoms with van der Waals surface area (Å²) in [6.45, 7) is 5.80. The molecule has 21 heavy (non-hydrogen) atoms. The number of benzene rings is 1. The highest BCUT2D eigenvalue weighted by atomic mass is 16.2. The van der Waals surface area contributed by atoms with Gasteiger partial charge in [-0.25, -0.2) is 0 Å². The van der Waals surface area contributed by atoms with Crippen LogP contribution in [0.5, 0.6) is 0 Å². The van der Waals surface area contributed by atoms with Gasteiger partial charge in [0.05, 0.1) is 11.3 Å². The van der Waals surface area contributed by atoms with Gasteiger partial charge >= 0.3 is 0 Å². The van der Waals surface area contributed by atoms with E-state index in [1.807, 2.05) is 31.3 Å². The Labute approximate surface area is 125 Å². The maximum Gasteiger partial charge on any atom is 0.231 e. The van der Waals surface area contributed by atoms with E-state index >= 15 is 0 Å². The number of amides is 1. The van der Waals surface area contributed by atoms with Crippen molar-refractivity contribution in [3.63, 3.8) is 0 Å². The zero-order chi connectivity index (χ0) is 15.4. The van der Waals surface area contributed by atoms with Gasteiger partial charge in [0, 0.05) is 12.7 Å². The summed E-state index contributed by atoms with van der Waals surface area (Å²) in [5.41, 5.74) is 3.70. The molecular weight excluding hydrogens is 262 g/mol. The Balaban J connectivity index is 2.32. The van der Waals surface area contributed by atoms with Crippen molar-refractivity contribution >= 4 is 17.4 Å². The quantitative estimate of drug-likeness (QED) is 0.742. The molecule has 2 atom stereocenters. The van der Waals surface area contributed by atoms with Crippen LogP contribution in [0.1, 0.15) is 39.2 Å². The summed E-state index contributed by atoms with van der Waals surface area (Å²) in [7, 11) is 1.81. The molecule has 0 saturated carbocycles. The molecule has 0 bridgehead atoms. The number of rotatable bonds is 1. The molecule has 1 aromatic carbocycles. The van der Waals surface area contributed by atoms with Gasteiger partial charge in [-0.1, -0.05) is 29.3 Å². The van der Waals surface area contributed by atoms with Crippen LogP contribution in [0, 0.1) is 5.92 Å². The van der Waals surface area contributed by atoms with Gasteiger partial charge in [0.1, 0.15) is 5.78 Å². The van der Waals surface area contributed by atoms with Crippen molar-refractivity contribution in [1.29, 1.82) is 0 Å². The van der Waals surface area contributed by atoms with E-state index in [4.69, 9.17) is 0 Å². The lowest BCUT2D eigenvalue weighted by atomic mass is 9.57. The first-order valence-corrected chi connectivity index (χ1v) is 7.43. The minimum Gasteiger partial charge on any atom is -0.315 e. The lowest BCUT2D eigenvalue weighted by molar-refractivity contribution is -0.134. The molecule has 3 rings (SSSR count). The van der Waals surface area contributed by atoms with Crippen molar-refractivity contribution < 1.29 is 9.59 Å². The number of allylic oxidation sites excluding steroid dienone is 2. The molecule has 0 radical (unpaired) electrons. The maximum atomic E-state index is 12.8. The van der Waals surface area contributed by atoms with E-state index in [1.165, 1.54) is 11.1 Å². The van der Waals surface area contributed by atoms with Gasteiger partial charge in [0.15, 0.2) is 0 Å². The second-order valence-electron chi connectivity index (χ2n) is 6.44. The number of anilines is 1. The number of fused-ring (bicyclic) bond motifs is 3. The Morgan fingerprint density at radius 1 is 1.24 bits per heavy atom. The lowest BCUT2D eigenvalue weighted by Crippen LogP contribution is -2.55. The number of carbonyl (C=O) groups is 2. The summed E-state index contributed by atoms with van der Waals surface area (Å²) in [6.07, 6.45) is 1.35. The van der Waals surface area contributed by atoms with Gasteiger partial charge in [-0.3, -0.25) is 9.59 Å². The molecular formula is C18H21NO2. The van der Waals surface area contributed by atoms with Crippen LogP contribution >= 0.6 is 0 Å². The summed E-state index contributed by atoms with van der Waals surface area (Å²) >= 11 is 0. The molecule has 3 heteroatoms. The summed E-state index contributed by atoms with van der Waals surface area (Å²) < 4.78 is 0. The molecule has 1 heterocycles. The van der Waals surface area contributed by atoms with Gasteiger partial charge in [-0.2, -0.15) is 0 Å². The monoisotopic (exact) mass is 283 g/mol. The predicted molar refractivity (Wildman–Crippen MR) is 83.3 cm³/mol. The standard InChI is InChI=1S/C18H21NO2/c1-11-9-15-17(21)19(4)16-8-6-5-7-14(16)18(15,13(3)20)10-12(11)2/h5-8,15H,9-10H2,1-4H3/t15-,18-/m1/s1. The molecule has 0 unspecified atom stereocenters. The van der Waals surface area contributed by atoms with Crippen LogP contribution in [0.4, 0.5) is 5.69 Å². The zero-order valence-electron chi connectivity index (χ0n) is 13.1. The lowest BCUT2D eigenvalue weighted by Gasteiger charge is -2.48. The molecule has 1 aliphatic heterocycles. The summed E-state index contributed by atoms with van der Waals surface area (Å²) in [4.78, 5) is 27.2. The molecule has 0 fully saturated rings. The summed E-state index contributed by atoms with van der Waals surface area (Å²) in [5, 5.41) is 0. The van der Waals surface area contributed by atoms with Crippen molar-refractivity contribution in [2.24, 2.45) is 5.92 Å². The molecule has 0 spiro atoms. The third-order valence-electron chi connectivity index (χ3n) is 5.38. The van der Waals surface area contributed by atoms with Crippen molar-refractivity contribution in [1.82, 2.24) is 0 Å². The van der Waals surface area contributed by atoms with E-state index in [0.29, 0.717) is 12.8 Å². The van der Waals surface area contributed by atoms with Crippen molar-refractivity contribution in [2.75, 3.05) is 11.9 Å². The van der Waals surface area contributed by atoms with Crippen LogP contribution in [0.25, 0.3) is 0 Å². The zero-order valence-corrected chi connectivity index (χ0v) is 13.1. The first-order valence-electron chi connectivity index (χ1n) is 7.43. The van der Waals surface area contributed by atoms with E-state index in [1.54, 1.807) is 11.8 Å². The van der Waals surface area contributed by atoms with Crippen LogP contribution < -0.4 is 4.90 Å². The van der Waals surface area contributed by atoms with Crippen LogP contribution in [0.2, 0.25) is 0 Å². The molecule has 2 aliphatic rings. The number of para-hydroxylation sites is 1. The highest BCUT2D eigenvalue weighted by molar-refractivity contribution is 6.07. The second kappa shape index (κ2) is 4.55. The third-order valence-corrected chi connectivity index (χ3v) is 5.38. The molecule has 1 aromatic rings. The fourth-order valence-electron chi connectivity index (χ4n) is 3.98. The Bertz CT molecular complexity index is 674. The van der Waals surface area contributed by atoms with E-state index in [-0.39, 0.29) is 17.6 Å². The minimum atomic E-state index is -0.677. The van der Waals surface area contributed by atoms with E-state index < -0.39 is 5.41 Å². The summed E-state index contributed by atoms with van der Waals surface area (Å²) in [5.74, 6) is -0.0948. The molecule has 1 amide bonds. The van der Waals surface area contributed by atoms with E-state index in [0.717, 1.165) is 11.3 Å². The minimum absolute atomic E-state index is 0.0655. The highest BCUT2D eigenvalue weighted by Gasteiger charge is 2.55.